The highest BCUT2D eigenvalue weighted by Crippen LogP contribution is 2.46. The van der Waals surface area contributed by atoms with Crippen LogP contribution in [-0.4, -0.2) is 28.1 Å². The standard InChI is InChI=1S/C14H23ClN4O/c1-13(2)6-9(7-14(3,4)8-13)16-11-17-10(15)18-12(19-11)20-5/h9H,6-8H2,1-5H3,(H,16,17,18,19). The van der Waals surface area contributed by atoms with Gasteiger partial charge in [0.1, 0.15) is 0 Å². The van der Waals surface area contributed by atoms with E-state index in [1.165, 1.54) is 13.5 Å². The van der Waals surface area contributed by atoms with Crippen molar-refractivity contribution in [1.82, 2.24) is 15.0 Å². The highest BCUT2D eigenvalue weighted by atomic mass is 35.5. The lowest BCUT2D eigenvalue weighted by Crippen LogP contribution is -2.40. The minimum atomic E-state index is 0.147. The number of nitrogens with one attached hydrogen (secondary N) is 1. The number of hydrogen-bond acceptors (Lipinski definition) is 5. The molecular weight excluding hydrogens is 276 g/mol. The van der Waals surface area contributed by atoms with Gasteiger partial charge in [0.15, 0.2) is 0 Å². The number of aromatic nitrogens is 3. The third kappa shape index (κ3) is 3.95. The van der Waals surface area contributed by atoms with Gasteiger partial charge in [-0.1, -0.05) is 27.7 Å². The van der Waals surface area contributed by atoms with Gasteiger partial charge in [-0.3, -0.25) is 0 Å². The maximum absolute atomic E-state index is 5.88. The molecule has 1 saturated carbocycles. The predicted molar refractivity (Wildman–Crippen MR) is 80.2 cm³/mol. The Kier molecular flexibility index (Phi) is 4.09. The first-order valence-electron chi connectivity index (χ1n) is 6.91. The lowest BCUT2D eigenvalue weighted by molar-refractivity contribution is 0.105. The number of anilines is 1. The molecule has 5 nitrogen and oxygen atoms in total. The average molecular weight is 299 g/mol. The molecule has 2 rings (SSSR count). The summed E-state index contributed by atoms with van der Waals surface area (Å²) >= 11 is 5.88. The smallest absolute Gasteiger partial charge is 0.322 e. The number of halogens is 1. The molecule has 0 bridgehead atoms. The second-order valence-electron chi connectivity index (χ2n) is 7.17. The van der Waals surface area contributed by atoms with Crippen LogP contribution in [0.25, 0.3) is 0 Å². The van der Waals surface area contributed by atoms with Crippen LogP contribution in [0.4, 0.5) is 5.95 Å². The molecule has 1 aromatic heterocycles. The van der Waals surface area contributed by atoms with E-state index in [9.17, 15) is 0 Å². The van der Waals surface area contributed by atoms with Crippen molar-refractivity contribution in [3.8, 4) is 6.01 Å². The summed E-state index contributed by atoms with van der Waals surface area (Å²) in [6, 6.07) is 0.568. The van der Waals surface area contributed by atoms with Gasteiger partial charge in [0, 0.05) is 6.04 Å². The molecular formula is C14H23ClN4O. The van der Waals surface area contributed by atoms with Gasteiger partial charge in [-0.05, 0) is 41.7 Å². The molecule has 1 aromatic rings. The molecule has 1 heterocycles. The monoisotopic (exact) mass is 298 g/mol. The van der Waals surface area contributed by atoms with Crippen LogP contribution in [-0.2, 0) is 0 Å². The molecule has 20 heavy (non-hydrogen) atoms. The van der Waals surface area contributed by atoms with Gasteiger partial charge >= 0.3 is 6.01 Å². The molecule has 0 unspecified atom stereocenters. The van der Waals surface area contributed by atoms with Crippen LogP contribution in [0, 0.1) is 10.8 Å². The molecule has 0 spiro atoms. The molecule has 0 radical (unpaired) electrons. The summed E-state index contributed by atoms with van der Waals surface area (Å²) in [4.78, 5) is 12.2. The third-order valence-corrected chi connectivity index (χ3v) is 3.83. The normalized spacial score (nSPS) is 21.5. The summed E-state index contributed by atoms with van der Waals surface area (Å²) in [5.41, 5.74) is 0.612. The van der Waals surface area contributed by atoms with Crippen molar-refractivity contribution in [2.24, 2.45) is 10.8 Å². The summed E-state index contributed by atoms with van der Waals surface area (Å²) in [7, 11) is 1.52. The number of methoxy groups -OCH3 is 1. The summed E-state index contributed by atoms with van der Waals surface area (Å²) in [6.07, 6.45) is 3.39. The first-order valence-corrected chi connectivity index (χ1v) is 7.29. The minimum absolute atomic E-state index is 0.147. The van der Waals surface area contributed by atoms with E-state index in [1.807, 2.05) is 0 Å². The number of nitrogens with zero attached hydrogens (tertiary/aromatic N) is 3. The highest BCUT2D eigenvalue weighted by molar-refractivity contribution is 6.28. The number of rotatable bonds is 3. The van der Waals surface area contributed by atoms with Crippen molar-refractivity contribution in [3.05, 3.63) is 5.28 Å². The Morgan fingerprint density at radius 1 is 1.10 bits per heavy atom. The topological polar surface area (TPSA) is 59.9 Å². The molecule has 0 aliphatic heterocycles. The molecule has 0 saturated heterocycles. The lowest BCUT2D eigenvalue weighted by Gasteiger charge is -2.45. The van der Waals surface area contributed by atoms with Gasteiger partial charge in [0.25, 0.3) is 0 Å². The minimum Gasteiger partial charge on any atom is -0.467 e. The number of hydrogen-bond donors (Lipinski definition) is 1. The Morgan fingerprint density at radius 2 is 1.70 bits per heavy atom. The Hall–Kier alpha value is -1.10. The second-order valence-corrected chi connectivity index (χ2v) is 7.51. The van der Waals surface area contributed by atoms with Crippen LogP contribution in [0.1, 0.15) is 47.0 Å². The maximum atomic E-state index is 5.88. The fourth-order valence-electron chi connectivity index (χ4n) is 3.62. The van der Waals surface area contributed by atoms with Crippen LogP contribution in [0.3, 0.4) is 0 Å². The van der Waals surface area contributed by atoms with Crippen molar-refractivity contribution in [3.63, 3.8) is 0 Å². The third-order valence-electron chi connectivity index (χ3n) is 3.66. The molecule has 6 heteroatoms. The lowest BCUT2D eigenvalue weighted by atomic mass is 9.63. The van der Waals surface area contributed by atoms with Gasteiger partial charge in [-0.2, -0.15) is 15.0 Å². The summed E-state index contributed by atoms with van der Waals surface area (Å²) in [6.45, 7) is 9.24. The van der Waals surface area contributed by atoms with Crippen molar-refractivity contribution >= 4 is 17.5 Å². The fraction of sp³-hybridized carbons (Fsp3) is 0.786. The Balaban J connectivity index is 2.15. The first kappa shape index (κ1) is 15.3. The van der Waals surface area contributed by atoms with Crippen molar-refractivity contribution < 1.29 is 4.74 Å². The van der Waals surface area contributed by atoms with E-state index in [4.69, 9.17) is 16.3 Å². The Labute approximate surface area is 125 Å². The van der Waals surface area contributed by atoms with Crippen LogP contribution < -0.4 is 10.1 Å². The van der Waals surface area contributed by atoms with Crippen LogP contribution in [0.5, 0.6) is 6.01 Å². The average Bonchev–Trinajstić information content (AvgIpc) is 2.23. The zero-order valence-electron chi connectivity index (χ0n) is 12.8. The largest absolute Gasteiger partial charge is 0.467 e. The van der Waals surface area contributed by atoms with E-state index in [2.05, 4.69) is 48.0 Å². The van der Waals surface area contributed by atoms with E-state index >= 15 is 0 Å². The van der Waals surface area contributed by atoms with E-state index in [1.54, 1.807) is 0 Å². The van der Waals surface area contributed by atoms with Crippen molar-refractivity contribution in [2.45, 2.75) is 53.0 Å². The molecule has 0 aromatic carbocycles. The Morgan fingerprint density at radius 3 is 2.25 bits per heavy atom. The molecule has 1 N–H and O–H groups in total. The van der Waals surface area contributed by atoms with Crippen LogP contribution >= 0.6 is 11.6 Å². The van der Waals surface area contributed by atoms with E-state index in [0.29, 0.717) is 22.8 Å². The zero-order valence-corrected chi connectivity index (χ0v) is 13.6. The first-order chi connectivity index (χ1) is 9.19. The molecule has 1 aliphatic carbocycles. The number of ether oxygens (including phenoxy) is 1. The molecule has 1 aliphatic rings. The summed E-state index contributed by atoms with van der Waals surface area (Å²) in [5.74, 6) is 0.486. The maximum Gasteiger partial charge on any atom is 0.322 e. The second kappa shape index (κ2) is 5.35. The highest BCUT2D eigenvalue weighted by Gasteiger charge is 2.38. The van der Waals surface area contributed by atoms with E-state index < -0.39 is 0 Å². The molecule has 0 atom stereocenters. The summed E-state index contributed by atoms with van der Waals surface area (Å²) < 4.78 is 5.02. The SMILES string of the molecule is COc1nc(Cl)nc(NC2CC(C)(C)CC(C)(C)C2)n1. The Bertz CT molecular complexity index is 474. The van der Waals surface area contributed by atoms with Crippen LogP contribution in [0.15, 0.2) is 0 Å². The van der Waals surface area contributed by atoms with Gasteiger partial charge < -0.3 is 10.1 Å². The summed E-state index contributed by atoms with van der Waals surface area (Å²) in [5, 5.41) is 3.53. The van der Waals surface area contributed by atoms with E-state index in [0.717, 1.165) is 12.8 Å². The molecule has 112 valence electrons. The molecule has 1 fully saturated rings. The quantitative estimate of drug-likeness (QED) is 0.924. The fourth-order valence-corrected chi connectivity index (χ4v) is 3.77. The van der Waals surface area contributed by atoms with Gasteiger partial charge in [-0.25, -0.2) is 0 Å². The van der Waals surface area contributed by atoms with E-state index in [-0.39, 0.29) is 11.3 Å². The van der Waals surface area contributed by atoms with Crippen molar-refractivity contribution in [2.75, 3.05) is 12.4 Å². The van der Waals surface area contributed by atoms with Gasteiger partial charge in [0.05, 0.1) is 7.11 Å². The zero-order chi connectivity index (χ0) is 15.0. The van der Waals surface area contributed by atoms with Crippen LogP contribution in [0.2, 0.25) is 5.28 Å². The predicted octanol–water partition coefficient (Wildman–Crippen LogP) is 3.55. The molecule has 0 amide bonds. The van der Waals surface area contributed by atoms with Crippen molar-refractivity contribution in [1.29, 1.82) is 0 Å². The van der Waals surface area contributed by atoms with Gasteiger partial charge in [0.2, 0.25) is 11.2 Å². The van der Waals surface area contributed by atoms with Gasteiger partial charge in [-0.15, -0.1) is 0 Å².